The molecule has 0 saturated carbocycles. The summed E-state index contributed by atoms with van der Waals surface area (Å²) in [5.74, 6) is 0.295. The molecule has 1 aromatic carbocycles. The zero-order chi connectivity index (χ0) is 10.1. The molecule has 72 valence electrons. The van der Waals surface area contributed by atoms with Gasteiger partial charge in [-0.3, -0.25) is 4.68 Å². The van der Waals surface area contributed by atoms with E-state index in [1.165, 1.54) is 0 Å². The number of nitrogens with zero attached hydrogens (tertiary/aromatic N) is 2. The van der Waals surface area contributed by atoms with Crippen molar-refractivity contribution >= 4 is 0 Å². The lowest BCUT2D eigenvalue weighted by Crippen LogP contribution is -1.86. The van der Waals surface area contributed by atoms with Gasteiger partial charge in [0.25, 0.3) is 0 Å². The van der Waals surface area contributed by atoms with Gasteiger partial charge in [0.05, 0.1) is 5.69 Å². The van der Waals surface area contributed by atoms with Gasteiger partial charge in [-0.05, 0) is 13.0 Å². The second kappa shape index (κ2) is 3.18. The Labute approximate surface area is 82.6 Å². The van der Waals surface area contributed by atoms with E-state index in [1.807, 2.05) is 38.4 Å². The molecular formula is C11H12N2O. The average molecular weight is 188 g/mol. The molecule has 0 amide bonds. The molecule has 0 bridgehead atoms. The van der Waals surface area contributed by atoms with Crippen LogP contribution in [0.1, 0.15) is 5.69 Å². The van der Waals surface area contributed by atoms with E-state index in [0.717, 1.165) is 16.8 Å². The lowest BCUT2D eigenvalue weighted by molar-refractivity contribution is 0.477. The Morgan fingerprint density at radius 1 is 1.21 bits per heavy atom. The maximum atomic E-state index is 9.66. The van der Waals surface area contributed by atoms with E-state index in [4.69, 9.17) is 0 Å². The quantitative estimate of drug-likeness (QED) is 0.744. The number of hydrogen-bond acceptors (Lipinski definition) is 2. The van der Waals surface area contributed by atoms with Crippen molar-refractivity contribution in [3.63, 3.8) is 0 Å². The van der Waals surface area contributed by atoms with Crippen LogP contribution in [0.5, 0.6) is 5.75 Å². The first kappa shape index (κ1) is 8.81. The summed E-state index contributed by atoms with van der Waals surface area (Å²) >= 11 is 0. The summed E-state index contributed by atoms with van der Waals surface area (Å²) in [7, 11) is 1.87. The van der Waals surface area contributed by atoms with Gasteiger partial charge < -0.3 is 5.11 Å². The lowest BCUT2D eigenvalue weighted by atomic mass is 10.1. The molecule has 0 fully saturated rings. The van der Waals surface area contributed by atoms with Crippen molar-refractivity contribution in [3.05, 3.63) is 36.2 Å². The largest absolute Gasteiger partial charge is 0.507 e. The van der Waals surface area contributed by atoms with Gasteiger partial charge in [-0.25, -0.2) is 0 Å². The van der Waals surface area contributed by atoms with Crippen LogP contribution in [-0.4, -0.2) is 14.9 Å². The molecule has 0 aliphatic carbocycles. The van der Waals surface area contributed by atoms with E-state index < -0.39 is 0 Å². The molecule has 0 spiro atoms. The molecule has 14 heavy (non-hydrogen) atoms. The normalized spacial score (nSPS) is 10.4. The first-order valence-electron chi connectivity index (χ1n) is 4.47. The van der Waals surface area contributed by atoms with E-state index in [2.05, 4.69) is 5.10 Å². The predicted molar refractivity (Wildman–Crippen MR) is 55.0 cm³/mol. The smallest absolute Gasteiger partial charge is 0.123 e. The van der Waals surface area contributed by atoms with Crippen molar-refractivity contribution in [3.8, 4) is 16.9 Å². The van der Waals surface area contributed by atoms with Gasteiger partial charge in [0.1, 0.15) is 5.75 Å². The first-order chi connectivity index (χ1) is 6.68. The zero-order valence-electron chi connectivity index (χ0n) is 8.23. The van der Waals surface area contributed by atoms with Gasteiger partial charge in [-0.2, -0.15) is 5.10 Å². The minimum Gasteiger partial charge on any atom is -0.507 e. The third-order valence-electron chi connectivity index (χ3n) is 2.21. The van der Waals surface area contributed by atoms with Crippen molar-refractivity contribution in [1.82, 2.24) is 9.78 Å². The summed E-state index contributed by atoms with van der Waals surface area (Å²) in [6, 6.07) is 7.28. The number of rotatable bonds is 1. The van der Waals surface area contributed by atoms with Crippen LogP contribution in [0.4, 0.5) is 0 Å². The van der Waals surface area contributed by atoms with Crippen molar-refractivity contribution in [2.45, 2.75) is 6.92 Å². The van der Waals surface area contributed by atoms with Crippen LogP contribution >= 0.6 is 0 Å². The molecule has 0 atom stereocenters. The summed E-state index contributed by atoms with van der Waals surface area (Å²) in [4.78, 5) is 0. The maximum Gasteiger partial charge on any atom is 0.123 e. The molecule has 1 N–H and O–H groups in total. The Kier molecular flexibility index (Phi) is 2.00. The van der Waals surface area contributed by atoms with E-state index in [0.29, 0.717) is 5.75 Å². The second-order valence-corrected chi connectivity index (χ2v) is 3.32. The third-order valence-corrected chi connectivity index (χ3v) is 2.21. The van der Waals surface area contributed by atoms with Crippen LogP contribution in [0, 0.1) is 6.92 Å². The van der Waals surface area contributed by atoms with Crippen LogP contribution in [-0.2, 0) is 7.05 Å². The molecule has 0 aliphatic rings. The van der Waals surface area contributed by atoms with E-state index >= 15 is 0 Å². The van der Waals surface area contributed by atoms with E-state index in [9.17, 15) is 5.11 Å². The molecule has 0 saturated heterocycles. The maximum absolute atomic E-state index is 9.66. The number of hydrogen-bond donors (Lipinski definition) is 1. The standard InChI is InChI=1S/C11H12N2O/c1-8-10(7-13(2)12-8)9-5-3-4-6-11(9)14/h3-7,14H,1-2H3. The Morgan fingerprint density at radius 2 is 1.93 bits per heavy atom. The monoisotopic (exact) mass is 188 g/mol. The third kappa shape index (κ3) is 1.37. The molecule has 3 heteroatoms. The fourth-order valence-electron chi connectivity index (χ4n) is 1.57. The number of para-hydroxylation sites is 1. The van der Waals surface area contributed by atoms with Crippen LogP contribution in [0.3, 0.4) is 0 Å². The second-order valence-electron chi connectivity index (χ2n) is 3.32. The minimum atomic E-state index is 0.295. The van der Waals surface area contributed by atoms with Crippen molar-refractivity contribution in [2.24, 2.45) is 7.05 Å². The average Bonchev–Trinajstić information content (AvgIpc) is 2.46. The van der Waals surface area contributed by atoms with Crippen molar-refractivity contribution < 1.29 is 5.11 Å². The predicted octanol–water partition coefficient (Wildman–Crippen LogP) is 2.10. The Hall–Kier alpha value is -1.77. The van der Waals surface area contributed by atoms with Crippen LogP contribution in [0.2, 0.25) is 0 Å². The van der Waals surface area contributed by atoms with E-state index in [1.54, 1.807) is 10.7 Å². The van der Waals surface area contributed by atoms with Gasteiger partial charge in [0.2, 0.25) is 0 Å². The number of aryl methyl sites for hydroxylation is 2. The molecule has 1 aromatic heterocycles. The molecule has 0 radical (unpaired) electrons. The fraction of sp³-hybridized carbons (Fsp3) is 0.182. The number of phenolic OH excluding ortho intramolecular Hbond substituents is 1. The zero-order valence-corrected chi connectivity index (χ0v) is 8.23. The summed E-state index contributed by atoms with van der Waals surface area (Å²) in [5.41, 5.74) is 2.73. The Balaban J connectivity index is 2.60. The van der Waals surface area contributed by atoms with Crippen molar-refractivity contribution in [1.29, 1.82) is 0 Å². The van der Waals surface area contributed by atoms with E-state index in [-0.39, 0.29) is 0 Å². The Morgan fingerprint density at radius 3 is 2.50 bits per heavy atom. The number of aromatic nitrogens is 2. The van der Waals surface area contributed by atoms with Crippen molar-refractivity contribution in [2.75, 3.05) is 0 Å². The highest BCUT2D eigenvalue weighted by Gasteiger charge is 2.08. The summed E-state index contributed by atoms with van der Waals surface area (Å²) in [5, 5.41) is 13.9. The summed E-state index contributed by atoms with van der Waals surface area (Å²) < 4.78 is 1.75. The number of benzene rings is 1. The topological polar surface area (TPSA) is 38.0 Å². The van der Waals surface area contributed by atoms with Gasteiger partial charge >= 0.3 is 0 Å². The Bertz CT molecular complexity index is 460. The first-order valence-corrected chi connectivity index (χ1v) is 4.47. The summed E-state index contributed by atoms with van der Waals surface area (Å²) in [6.07, 6.45) is 1.91. The highest BCUT2D eigenvalue weighted by atomic mass is 16.3. The van der Waals surface area contributed by atoms with Crippen LogP contribution < -0.4 is 0 Å². The van der Waals surface area contributed by atoms with Gasteiger partial charge in [0.15, 0.2) is 0 Å². The molecule has 2 rings (SSSR count). The SMILES string of the molecule is Cc1nn(C)cc1-c1ccccc1O. The van der Waals surface area contributed by atoms with Crippen LogP contribution in [0.15, 0.2) is 30.5 Å². The van der Waals surface area contributed by atoms with Gasteiger partial charge in [-0.15, -0.1) is 0 Å². The molecule has 1 heterocycles. The van der Waals surface area contributed by atoms with Gasteiger partial charge in [0, 0.05) is 24.4 Å². The highest BCUT2D eigenvalue weighted by Crippen LogP contribution is 2.30. The fourth-order valence-corrected chi connectivity index (χ4v) is 1.57. The molecule has 0 aliphatic heterocycles. The minimum absolute atomic E-state index is 0.295. The number of phenols is 1. The van der Waals surface area contributed by atoms with Gasteiger partial charge in [-0.1, -0.05) is 18.2 Å². The molecule has 3 nitrogen and oxygen atoms in total. The summed E-state index contributed by atoms with van der Waals surface area (Å²) in [6.45, 7) is 1.93. The molecular weight excluding hydrogens is 176 g/mol. The molecule has 0 unspecified atom stereocenters. The number of aromatic hydroxyl groups is 1. The van der Waals surface area contributed by atoms with Crippen LogP contribution in [0.25, 0.3) is 11.1 Å². The lowest BCUT2D eigenvalue weighted by Gasteiger charge is -2.01. The highest BCUT2D eigenvalue weighted by molar-refractivity contribution is 5.71. The molecule has 2 aromatic rings.